The Balaban J connectivity index is 0. The molecule has 0 N–H and O–H groups in total. The first-order chi connectivity index (χ1) is 20.8. The zero-order valence-electron chi connectivity index (χ0n) is 23.6. The van der Waals surface area contributed by atoms with Crippen LogP contribution in [0.4, 0.5) is 0 Å². The van der Waals surface area contributed by atoms with E-state index in [9.17, 15) is 19.2 Å². The largest absolute Gasteiger partial charge is 0.460 e. The second-order valence-corrected chi connectivity index (χ2v) is 9.38. The van der Waals surface area contributed by atoms with Crippen LogP contribution in [0.25, 0.3) is 0 Å². The Labute approximate surface area is 286 Å². The first kappa shape index (κ1) is 44.8. The molecule has 0 fully saturated rings. The number of carbonyl (C=O) groups is 4. The van der Waals surface area contributed by atoms with Crippen molar-refractivity contribution in [2.75, 3.05) is 19.8 Å². The van der Waals surface area contributed by atoms with Gasteiger partial charge in [0, 0.05) is 22.3 Å². The topological polar surface area (TPSA) is 105 Å². The zero-order chi connectivity index (χ0) is 30.6. The molecule has 48 heavy (non-hydrogen) atoms. The van der Waals surface area contributed by atoms with Gasteiger partial charge in [0.1, 0.15) is 12.7 Å². The SMILES string of the molecule is C.C.C.C.C.C=C(OC(=O)c1ccccc1C(=O)c1ccccc1)OC(C)COCCOC(=O)c1ccccc1C(=O)c1ccccc1. The number of ether oxygens (including phenoxy) is 4. The quantitative estimate of drug-likeness (QED) is 0.0571. The molecule has 0 aliphatic heterocycles. The third-order valence-electron chi connectivity index (χ3n) is 6.21. The Kier molecular flexibility index (Phi) is 20.7. The number of hydrogen-bond acceptors (Lipinski definition) is 8. The summed E-state index contributed by atoms with van der Waals surface area (Å²) in [6.07, 6.45) is -0.554. The third-order valence-corrected chi connectivity index (χ3v) is 6.21. The molecule has 0 aromatic heterocycles. The minimum absolute atomic E-state index is 0. The summed E-state index contributed by atoms with van der Waals surface area (Å²) in [5, 5.41) is 0. The standard InChI is InChI=1S/C35H30O8.5CH4/c1-24(42-25(2)43-35(39)31-20-12-10-18-29(31)33(37)27-15-7-4-8-16-27)23-40-21-22-41-34(38)30-19-11-9-17-28(30)32(36)26-13-5-3-6-14-26;;;;;/h3-20,24H,2,21-23H2,1H3;5*1H4. The van der Waals surface area contributed by atoms with Crippen molar-refractivity contribution < 1.29 is 38.1 Å². The molecular formula is C40H50O8. The van der Waals surface area contributed by atoms with E-state index >= 15 is 0 Å². The van der Waals surface area contributed by atoms with Gasteiger partial charge in [-0.15, -0.1) is 0 Å². The lowest BCUT2D eigenvalue weighted by molar-refractivity contribution is -0.0330. The lowest BCUT2D eigenvalue weighted by Gasteiger charge is -2.17. The normalized spacial score (nSPS) is 10.0. The van der Waals surface area contributed by atoms with Crippen LogP contribution < -0.4 is 0 Å². The van der Waals surface area contributed by atoms with Crippen LogP contribution in [-0.2, 0) is 18.9 Å². The van der Waals surface area contributed by atoms with E-state index in [0.717, 1.165) is 0 Å². The Morgan fingerprint density at radius 1 is 0.562 bits per heavy atom. The first-order valence-electron chi connectivity index (χ1n) is 13.5. The fourth-order valence-electron chi connectivity index (χ4n) is 4.17. The van der Waals surface area contributed by atoms with Crippen molar-refractivity contribution in [3.63, 3.8) is 0 Å². The number of hydrogen-bond donors (Lipinski definition) is 0. The van der Waals surface area contributed by atoms with Crippen molar-refractivity contribution >= 4 is 23.5 Å². The van der Waals surface area contributed by atoms with E-state index < -0.39 is 18.0 Å². The molecule has 0 saturated carbocycles. The lowest BCUT2D eigenvalue weighted by atomic mass is 9.98. The van der Waals surface area contributed by atoms with E-state index in [2.05, 4.69) is 6.58 Å². The molecule has 0 aliphatic rings. The Morgan fingerprint density at radius 2 is 0.958 bits per heavy atom. The number of ketones is 2. The van der Waals surface area contributed by atoms with Gasteiger partial charge in [0.25, 0.3) is 5.95 Å². The maximum atomic E-state index is 12.9. The summed E-state index contributed by atoms with van der Waals surface area (Å²) >= 11 is 0. The van der Waals surface area contributed by atoms with Crippen LogP contribution in [0, 0.1) is 0 Å². The van der Waals surface area contributed by atoms with Gasteiger partial charge in [-0.1, -0.05) is 134 Å². The van der Waals surface area contributed by atoms with Crippen LogP contribution in [-0.4, -0.2) is 49.4 Å². The van der Waals surface area contributed by atoms with Gasteiger partial charge in [-0.25, -0.2) is 9.59 Å². The number of esters is 2. The summed E-state index contributed by atoms with van der Waals surface area (Å²) in [5.74, 6) is -2.26. The molecule has 8 heteroatoms. The van der Waals surface area contributed by atoms with Gasteiger partial charge in [-0.3, -0.25) is 9.59 Å². The number of carbonyl (C=O) groups excluding carboxylic acids is 4. The highest BCUT2D eigenvalue weighted by molar-refractivity contribution is 6.15. The maximum Gasteiger partial charge on any atom is 0.346 e. The van der Waals surface area contributed by atoms with Crippen molar-refractivity contribution in [2.45, 2.75) is 50.2 Å². The Bertz CT molecular complexity index is 1600. The molecule has 0 saturated heterocycles. The van der Waals surface area contributed by atoms with E-state index in [-0.39, 0.29) is 96.7 Å². The average molecular weight is 659 g/mol. The van der Waals surface area contributed by atoms with Crippen LogP contribution >= 0.6 is 0 Å². The molecular weight excluding hydrogens is 608 g/mol. The molecule has 0 bridgehead atoms. The molecule has 0 amide bonds. The highest BCUT2D eigenvalue weighted by Crippen LogP contribution is 2.18. The molecule has 8 nitrogen and oxygen atoms in total. The van der Waals surface area contributed by atoms with E-state index in [0.29, 0.717) is 11.1 Å². The molecule has 1 unspecified atom stereocenters. The Morgan fingerprint density at radius 3 is 1.42 bits per heavy atom. The fourth-order valence-corrected chi connectivity index (χ4v) is 4.17. The van der Waals surface area contributed by atoms with Gasteiger partial charge in [-0.05, 0) is 25.6 Å². The molecule has 4 rings (SSSR count). The minimum Gasteiger partial charge on any atom is -0.460 e. The molecule has 1 atom stereocenters. The summed E-state index contributed by atoms with van der Waals surface area (Å²) in [6.45, 7) is 5.41. The summed E-state index contributed by atoms with van der Waals surface area (Å²) in [4.78, 5) is 51.3. The predicted octanol–water partition coefficient (Wildman–Crippen LogP) is 9.24. The highest BCUT2D eigenvalue weighted by Gasteiger charge is 2.21. The van der Waals surface area contributed by atoms with Gasteiger partial charge in [-0.2, -0.15) is 0 Å². The van der Waals surface area contributed by atoms with Crippen molar-refractivity contribution in [3.8, 4) is 0 Å². The van der Waals surface area contributed by atoms with Gasteiger partial charge in [0.05, 0.1) is 24.3 Å². The lowest BCUT2D eigenvalue weighted by Crippen LogP contribution is -2.21. The van der Waals surface area contributed by atoms with Crippen molar-refractivity contribution in [1.29, 1.82) is 0 Å². The van der Waals surface area contributed by atoms with Gasteiger partial charge < -0.3 is 18.9 Å². The smallest absolute Gasteiger partial charge is 0.346 e. The molecule has 4 aromatic carbocycles. The molecule has 0 heterocycles. The van der Waals surface area contributed by atoms with E-state index in [1.165, 1.54) is 12.1 Å². The highest BCUT2D eigenvalue weighted by atomic mass is 16.7. The molecule has 0 spiro atoms. The van der Waals surface area contributed by atoms with Crippen molar-refractivity contribution in [2.24, 2.45) is 0 Å². The second-order valence-electron chi connectivity index (χ2n) is 9.38. The van der Waals surface area contributed by atoms with Gasteiger partial charge >= 0.3 is 11.9 Å². The molecule has 0 aliphatic carbocycles. The van der Waals surface area contributed by atoms with Crippen LogP contribution in [0.15, 0.2) is 122 Å². The zero-order valence-corrected chi connectivity index (χ0v) is 23.6. The molecule has 258 valence electrons. The van der Waals surface area contributed by atoms with Crippen molar-refractivity contribution in [1.82, 2.24) is 0 Å². The van der Waals surface area contributed by atoms with Crippen LogP contribution in [0.5, 0.6) is 0 Å². The van der Waals surface area contributed by atoms with Crippen molar-refractivity contribution in [3.05, 3.63) is 155 Å². The maximum absolute atomic E-state index is 12.9. The summed E-state index contributed by atoms with van der Waals surface area (Å²) in [7, 11) is 0. The van der Waals surface area contributed by atoms with E-state index in [1.807, 2.05) is 6.07 Å². The predicted molar refractivity (Wildman–Crippen MR) is 192 cm³/mol. The monoisotopic (exact) mass is 658 g/mol. The van der Waals surface area contributed by atoms with E-state index in [1.54, 1.807) is 97.9 Å². The Hall–Kier alpha value is -5.34. The molecule has 0 radical (unpaired) electrons. The minimum atomic E-state index is -0.782. The fraction of sp³-hybridized carbons (Fsp3) is 0.250. The van der Waals surface area contributed by atoms with Gasteiger partial charge in [0.15, 0.2) is 11.6 Å². The summed E-state index contributed by atoms with van der Waals surface area (Å²) in [5.41, 5.74) is 1.61. The van der Waals surface area contributed by atoms with Gasteiger partial charge in [0.2, 0.25) is 0 Å². The van der Waals surface area contributed by atoms with Crippen LogP contribution in [0.1, 0.15) is 96.6 Å². The molecule has 4 aromatic rings. The van der Waals surface area contributed by atoms with Crippen LogP contribution in [0.3, 0.4) is 0 Å². The van der Waals surface area contributed by atoms with E-state index in [4.69, 9.17) is 18.9 Å². The average Bonchev–Trinajstić information content (AvgIpc) is 3.04. The van der Waals surface area contributed by atoms with Crippen LogP contribution in [0.2, 0.25) is 0 Å². The summed E-state index contributed by atoms with van der Waals surface area (Å²) in [6, 6.07) is 30.1. The first-order valence-corrected chi connectivity index (χ1v) is 13.5. The third kappa shape index (κ3) is 12.1. The number of benzene rings is 4. The summed E-state index contributed by atoms with van der Waals surface area (Å²) < 4.78 is 21.6. The number of rotatable bonds is 14. The second kappa shape index (κ2) is 22.2.